The van der Waals surface area contributed by atoms with Gasteiger partial charge in [0.2, 0.25) is 23.5 Å². The molecule has 2 aliphatic rings. The van der Waals surface area contributed by atoms with E-state index in [-0.39, 0.29) is 42.1 Å². The van der Waals surface area contributed by atoms with Gasteiger partial charge in [0.05, 0.1) is 18.6 Å². The SMILES string of the molecule is NC(N)=NCCCC(NC(=O)C1CC[C@H]2CN(C(=O)CCCc3ccccc3)CC(=O)N12)C(=O)c1nccs1. The summed E-state index contributed by atoms with van der Waals surface area (Å²) in [6.07, 6.45) is 5.34. The quantitative estimate of drug-likeness (QED) is 0.153. The Morgan fingerprint density at radius 1 is 1.15 bits per heavy atom. The van der Waals surface area contributed by atoms with Crippen LogP contribution in [0.5, 0.6) is 0 Å². The number of nitrogens with one attached hydrogen (secondary N) is 1. The lowest BCUT2D eigenvalue weighted by molar-refractivity contribution is -0.151. The molecule has 3 heterocycles. The number of fused-ring (bicyclic) bond motifs is 1. The number of thiazole rings is 1. The number of ketones is 1. The lowest BCUT2D eigenvalue weighted by atomic mass is 10.1. The number of carbonyl (C=O) groups is 4. The molecule has 2 unspecified atom stereocenters. The van der Waals surface area contributed by atoms with Gasteiger partial charge in [-0.2, -0.15) is 0 Å². The number of amides is 3. The standard InChI is InChI=1S/C27H35N7O4S/c28-27(29)31-13-5-9-20(24(37)26-30-14-15-39-26)32-25(38)21-12-11-19-16-33(17-23(36)34(19)21)22(35)10-4-8-18-6-2-1-3-7-18/h1-3,6-7,14-15,19-21H,4-5,8-13,16-17H2,(H,32,38)(H4,28,29,31)/t19-,20?,21?/m0/s1. The maximum absolute atomic E-state index is 13.3. The van der Waals surface area contributed by atoms with Gasteiger partial charge in [-0.05, 0) is 44.1 Å². The number of aryl methyl sites for hydroxylation is 1. The van der Waals surface area contributed by atoms with Crippen molar-refractivity contribution in [2.45, 2.75) is 63.1 Å². The molecule has 2 aromatic rings. The van der Waals surface area contributed by atoms with Crippen LogP contribution in [0.2, 0.25) is 0 Å². The van der Waals surface area contributed by atoms with Gasteiger partial charge in [-0.3, -0.25) is 24.2 Å². The number of aliphatic imine (C=N–C) groups is 1. The van der Waals surface area contributed by atoms with Crippen LogP contribution in [0.15, 0.2) is 46.9 Å². The topological polar surface area (TPSA) is 164 Å². The van der Waals surface area contributed by atoms with Crippen molar-refractivity contribution >= 4 is 40.8 Å². The number of hydrogen-bond donors (Lipinski definition) is 3. The Morgan fingerprint density at radius 3 is 2.67 bits per heavy atom. The average Bonchev–Trinajstić information content (AvgIpc) is 3.61. The van der Waals surface area contributed by atoms with Gasteiger partial charge in [0, 0.05) is 31.1 Å². The van der Waals surface area contributed by atoms with Crippen molar-refractivity contribution in [3.05, 3.63) is 52.5 Å². The van der Waals surface area contributed by atoms with E-state index in [1.54, 1.807) is 21.4 Å². The maximum atomic E-state index is 13.3. The Morgan fingerprint density at radius 2 is 1.95 bits per heavy atom. The highest BCUT2D eigenvalue weighted by Gasteiger charge is 2.46. The zero-order valence-electron chi connectivity index (χ0n) is 21.8. The highest BCUT2D eigenvalue weighted by atomic mass is 32.1. The number of aromatic nitrogens is 1. The minimum Gasteiger partial charge on any atom is -0.370 e. The third kappa shape index (κ3) is 7.41. The number of benzene rings is 1. The lowest BCUT2D eigenvalue weighted by Gasteiger charge is -2.39. The van der Waals surface area contributed by atoms with E-state index >= 15 is 0 Å². The van der Waals surface area contributed by atoms with Gasteiger partial charge in [0.25, 0.3) is 0 Å². The fourth-order valence-electron chi connectivity index (χ4n) is 5.23. The van der Waals surface area contributed by atoms with Crippen molar-refractivity contribution in [3.8, 4) is 0 Å². The molecular weight excluding hydrogens is 518 g/mol. The fraction of sp³-hybridized carbons (Fsp3) is 0.481. The zero-order valence-corrected chi connectivity index (χ0v) is 22.6. The van der Waals surface area contributed by atoms with Crippen LogP contribution in [0.3, 0.4) is 0 Å². The first-order valence-corrected chi connectivity index (χ1v) is 14.1. The van der Waals surface area contributed by atoms with Gasteiger partial charge in [-0.1, -0.05) is 30.3 Å². The molecule has 2 aliphatic heterocycles. The van der Waals surface area contributed by atoms with Gasteiger partial charge in [-0.15, -0.1) is 11.3 Å². The van der Waals surface area contributed by atoms with Crippen molar-refractivity contribution in [1.29, 1.82) is 0 Å². The van der Waals surface area contributed by atoms with Crippen LogP contribution in [0.1, 0.15) is 53.9 Å². The summed E-state index contributed by atoms with van der Waals surface area (Å²) in [6, 6.07) is 8.29. The Labute approximate surface area is 231 Å². The number of Topliss-reactive ketones (excluding diaryl/α,β-unsaturated/α-hetero) is 1. The molecule has 12 heteroatoms. The van der Waals surface area contributed by atoms with E-state index in [0.29, 0.717) is 56.6 Å². The minimum absolute atomic E-state index is 0.0360. The molecule has 4 rings (SSSR count). The third-order valence-electron chi connectivity index (χ3n) is 7.12. The number of nitrogens with two attached hydrogens (primary N) is 2. The van der Waals surface area contributed by atoms with Crippen molar-refractivity contribution < 1.29 is 19.2 Å². The summed E-state index contributed by atoms with van der Waals surface area (Å²) in [5, 5.41) is 4.87. The second kappa shape index (κ2) is 13.3. The van der Waals surface area contributed by atoms with E-state index < -0.39 is 12.1 Å². The summed E-state index contributed by atoms with van der Waals surface area (Å²) >= 11 is 1.21. The first-order valence-electron chi connectivity index (χ1n) is 13.3. The summed E-state index contributed by atoms with van der Waals surface area (Å²) in [7, 11) is 0. The van der Waals surface area contributed by atoms with Crippen molar-refractivity contribution in [2.24, 2.45) is 16.5 Å². The molecule has 0 bridgehead atoms. The van der Waals surface area contributed by atoms with E-state index in [9.17, 15) is 19.2 Å². The highest BCUT2D eigenvalue weighted by Crippen LogP contribution is 2.29. The molecule has 1 aromatic carbocycles. The Balaban J connectivity index is 1.33. The monoisotopic (exact) mass is 553 g/mol. The normalized spacial score (nSPS) is 19.3. The molecule has 0 spiro atoms. The lowest BCUT2D eigenvalue weighted by Crippen LogP contribution is -2.60. The van der Waals surface area contributed by atoms with Crippen LogP contribution in [-0.4, -0.2) is 82.0 Å². The molecule has 11 nitrogen and oxygen atoms in total. The fourth-order valence-corrected chi connectivity index (χ4v) is 5.86. The molecular formula is C27H35N7O4S. The van der Waals surface area contributed by atoms with Gasteiger partial charge >= 0.3 is 0 Å². The minimum atomic E-state index is -0.806. The van der Waals surface area contributed by atoms with Crippen LogP contribution >= 0.6 is 11.3 Å². The molecule has 0 aliphatic carbocycles. The molecule has 3 atom stereocenters. The van der Waals surface area contributed by atoms with E-state index in [4.69, 9.17) is 11.5 Å². The van der Waals surface area contributed by atoms with E-state index in [0.717, 1.165) is 6.42 Å². The molecule has 3 amide bonds. The molecule has 5 N–H and O–H groups in total. The summed E-state index contributed by atoms with van der Waals surface area (Å²) < 4.78 is 0. The molecule has 1 aromatic heterocycles. The second-order valence-electron chi connectivity index (χ2n) is 9.87. The van der Waals surface area contributed by atoms with E-state index in [1.807, 2.05) is 30.3 Å². The first-order chi connectivity index (χ1) is 18.8. The average molecular weight is 554 g/mol. The number of guanidine groups is 1. The molecule has 39 heavy (non-hydrogen) atoms. The van der Waals surface area contributed by atoms with Gasteiger partial charge < -0.3 is 26.6 Å². The summed E-state index contributed by atoms with van der Waals surface area (Å²) in [5.41, 5.74) is 11.9. The number of carbonyl (C=O) groups excluding carboxylic acids is 4. The summed E-state index contributed by atoms with van der Waals surface area (Å²) in [4.78, 5) is 63.6. The van der Waals surface area contributed by atoms with Crippen molar-refractivity contribution in [1.82, 2.24) is 20.1 Å². The molecule has 2 fully saturated rings. The van der Waals surface area contributed by atoms with Crippen LogP contribution < -0.4 is 16.8 Å². The number of hydrogen-bond acceptors (Lipinski definition) is 7. The highest BCUT2D eigenvalue weighted by molar-refractivity contribution is 7.11. The summed E-state index contributed by atoms with van der Waals surface area (Å²) in [5.74, 6) is -0.969. The Bertz CT molecular complexity index is 1180. The predicted molar refractivity (Wildman–Crippen MR) is 148 cm³/mol. The van der Waals surface area contributed by atoms with Gasteiger partial charge in [-0.25, -0.2) is 4.98 Å². The Hall–Kier alpha value is -3.80. The Kier molecular flexibility index (Phi) is 9.64. The molecule has 2 saturated heterocycles. The molecule has 0 saturated carbocycles. The zero-order chi connectivity index (χ0) is 27.8. The summed E-state index contributed by atoms with van der Waals surface area (Å²) in [6.45, 7) is 0.704. The second-order valence-corrected chi connectivity index (χ2v) is 10.8. The third-order valence-corrected chi connectivity index (χ3v) is 7.91. The van der Waals surface area contributed by atoms with E-state index in [2.05, 4.69) is 15.3 Å². The van der Waals surface area contributed by atoms with Crippen molar-refractivity contribution in [2.75, 3.05) is 19.6 Å². The van der Waals surface area contributed by atoms with Crippen LogP contribution in [0, 0.1) is 0 Å². The van der Waals surface area contributed by atoms with E-state index in [1.165, 1.54) is 16.9 Å². The number of nitrogens with zero attached hydrogens (tertiary/aromatic N) is 4. The molecule has 0 radical (unpaired) electrons. The number of rotatable bonds is 12. The largest absolute Gasteiger partial charge is 0.370 e. The van der Waals surface area contributed by atoms with Crippen LogP contribution in [-0.2, 0) is 20.8 Å². The smallest absolute Gasteiger partial charge is 0.243 e. The first kappa shape index (κ1) is 28.2. The van der Waals surface area contributed by atoms with Crippen molar-refractivity contribution in [3.63, 3.8) is 0 Å². The maximum Gasteiger partial charge on any atom is 0.243 e. The molecule has 208 valence electrons. The number of piperazine rings is 1. The predicted octanol–water partition coefficient (Wildman–Crippen LogP) is 1.09. The van der Waals surface area contributed by atoms with Crippen LogP contribution in [0.25, 0.3) is 0 Å². The van der Waals surface area contributed by atoms with Gasteiger partial charge in [0.15, 0.2) is 11.0 Å². The van der Waals surface area contributed by atoms with Gasteiger partial charge in [0.1, 0.15) is 6.04 Å². The van der Waals surface area contributed by atoms with Crippen LogP contribution in [0.4, 0.5) is 0 Å².